The lowest BCUT2D eigenvalue weighted by Gasteiger charge is -2.02. The summed E-state index contributed by atoms with van der Waals surface area (Å²) in [5.41, 5.74) is 0.996. The molecule has 0 aliphatic carbocycles. The molecule has 1 N–H and O–H groups in total. The highest BCUT2D eigenvalue weighted by Gasteiger charge is 2.15. The van der Waals surface area contributed by atoms with Crippen molar-refractivity contribution >= 4 is 21.2 Å². The van der Waals surface area contributed by atoms with Crippen molar-refractivity contribution in [3.05, 3.63) is 15.6 Å². The maximum atomic E-state index is 11.6. The van der Waals surface area contributed by atoms with Gasteiger partial charge in [-0.1, -0.05) is 13.8 Å². The second-order valence-corrected chi connectivity index (χ2v) is 7.70. The smallest absolute Gasteiger partial charge is 0.156 e. The van der Waals surface area contributed by atoms with Gasteiger partial charge in [0.2, 0.25) is 0 Å². The molecule has 1 aromatic heterocycles. The summed E-state index contributed by atoms with van der Waals surface area (Å²) in [7, 11) is -1.34. The monoisotopic (exact) mass is 306 g/mol. The van der Waals surface area contributed by atoms with E-state index in [1.54, 1.807) is 14.0 Å². The van der Waals surface area contributed by atoms with Crippen LogP contribution in [0.15, 0.2) is 0 Å². The SMILES string of the molecule is CCc1nc(CS(=O)(=O)CC)sc1CNCCOC. The lowest BCUT2D eigenvalue weighted by molar-refractivity contribution is 0.199. The Hall–Kier alpha value is -0.500. The molecular weight excluding hydrogens is 284 g/mol. The van der Waals surface area contributed by atoms with E-state index < -0.39 is 9.84 Å². The number of nitrogens with one attached hydrogen (secondary N) is 1. The van der Waals surface area contributed by atoms with E-state index in [4.69, 9.17) is 4.74 Å². The molecule has 19 heavy (non-hydrogen) atoms. The number of nitrogens with zero attached hydrogens (tertiary/aromatic N) is 1. The first kappa shape index (κ1) is 16.6. The van der Waals surface area contributed by atoms with Crippen LogP contribution in [-0.2, 0) is 33.3 Å². The maximum absolute atomic E-state index is 11.6. The number of rotatable bonds is 9. The molecule has 110 valence electrons. The number of sulfone groups is 1. The van der Waals surface area contributed by atoms with E-state index in [9.17, 15) is 8.42 Å². The fourth-order valence-corrected chi connectivity index (χ4v) is 3.92. The van der Waals surface area contributed by atoms with Crippen LogP contribution >= 0.6 is 11.3 Å². The van der Waals surface area contributed by atoms with Gasteiger partial charge in [0.1, 0.15) is 10.8 Å². The van der Waals surface area contributed by atoms with Crippen LogP contribution in [0.1, 0.15) is 29.4 Å². The van der Waals surface area contributed by atoms with Crippen molar-refractivity contribution in [1.82, 2.24) is 10.3 Å². The highest BCUT2D eigenvalue weighted by molar-refractivity contribution is 7.90. The van der Waals surface area contributed by atoms with Crippen LogP contribution in [0.3, 0.4) is 0 Å². The molecule has 0 fully saturated rings. The first-order valence-electron chi connectivity index (χ1n) is 6.40. The van der Waals surface area contributed by atoms with Crippen molar-refractivity contribution in [2.45, 2.75) is 32.6 Å². The van der Waals surface area contributed by atoms with E-state index in [0.717, 1.165) is 30.1 Å². The van der Waals surface area contributed by atoms with Crippen LogP contribution in [0.25, 0.3) is 0 Å². The number of aryl methyl sites for hydroxylation is 1. The Morgan fingerprint density at radius 2 is 2.11 bits per heavy atom. The predicted molar refractivity (Wildman–Crippen MR) is 78.2 cm³/mol. The van der Waals surface area contributed by atoms with Crippen LogP contribution in [0.5, 0.6) is 0 Å². The van der Waals surface area contributed by atoms with E-state index in [-0.39, 0.29) is 11.5 Å². The molecule has 0 amide bonds. The Kier molecular flexibility index (Phi) is 6.92. The zero-order valence-electron chi connectivity index (χ0n) is 11.7. The minimum Gasteiger partial charge on any atom is -0.383 e. The summed E-state index contributed by atoms with van der Waals surface area (Å²) in [4.78, 5) is 5.55. The van der Waals surface area contributed by atoms with Crippen molar-refractivity contribution in [2.24, 2.45) is 0 Å². The van der Waals surface area contributed by atoms with E-state index in [1.807, 2.05) is 6.92 Å². The number of methoxy groups -OCH3 is 1. The highest BCUT2D eigenvalue weighted by atomic mass is 32.2. The normalized spacial score (nSPS) is 11.9. The number of aromatic nitrogens is 1. The molecule has 0 bridgehead atoms. The summed E-state index contributed by atoms with van der Waals surface area (Å²) in [6, 6.07) is 0. The quantitative estimate of drug-likeness (QED) is 0.698. The summed E-state index contributed by atoms with van der Waals surface area (Å²) in [5, 5.41) is 3.96. The lowest BCUT2D eigenvalue weighted by atomic mass is 10.3. The van der Waals surface area contributed by atoms with Gasteiger partial charge in [-0.2, -0.15) is 0 Å². The van der Waals surface area contributed by atoms with Gasteiger partial charge in [0, 0.05) is 30.8 Å². The third-order valence-electron chi connectivity index (χ3n) is 2.71. The Morgan fingerprint density at radius 3 is 2.68 bits per heavy atom. The standard InChI is InChI=1S/C12H22N2O3S2/c1-4-10-11(8-13-6-7-17-3)18-12(14-10)9-19(15,16)5-2/h13H,4-9H2,1-3H3. The maximum Gasteiger partial charge on any atom is 0.156 e. The van der Waals surface area contributed by atoms with Gasteiger partial charge in [-0.3, -0.25) is 0 Å². The molecule has 1 rings (SSSR count). The van der Waals surface area contributed by atoms with Crippen molar-refractivity contribution in [1.29, 1.82) is 0 Å². The van der Waals surface area contributed by atoms with Gasteiger partial charge >= 0.3 is 0 Å². The second-order valence-electron chi connectivity index (χ2n) is 4.18. The number of thiazole rings is 1. The molecule has 5 nitrogen and oxygen atoms in total. The highest BCUT2D eigenvalue weighted by Crippen LogP contribution is 2.21. The van der Waals surface area contributed by atoms with Crippen molar-refractivity contribution < 1.29 is 13.2 Å². The fraction of sp³-hybridized carbons (Fsp3) is 0.750. The predicted octanol–water partition coefficient (Wildman–Crippen LogP) is 1.38. The van der Waals surface area contributed by atoms with Gasteiger partial charge in [0.15, 0.2) is 9.84 Å². The van der Waals surface area contributed by atoms with E-state index in [0.29, 0.717) is 11.6 Å². The zero-order valence-corrected chi connectivity index (χ0v) is 13.4. The van der Waals surface area contributed by atoms with Crippen LogP contribution in [-0.4, -0.2) is 39.4 Å². The first-order valence-corrected chi connectivity index (χ1v) is 9.03. The molecule has 0 spiro atoms. The molecule has 0 saturated heterocycles. The molecular formula is C12H22N2O3S2. The molecule has 0 atom stereocenters. The topological polar surface area (TPSA) is 68.3 Å². The number of hydrogen-bond acceptors (Lipinski definition) is 6. The molecule has 0 aromatic carbocycles. The fourth-order valence-electron chi connectivity index (χ4n) is 1.58. The molecule has 0 unspecified atom stereocenters. The van der Waals surface area contributed by atoms with Gasteiger partial charge in [-0.05, 0) is 6.42 Å². The molecule has 0 saturated carbocycles. The Morgan fingerprint density at radius 1 is 1.37 bits per heavy atom. The van der Waals surface area contributed by atoms with E-state index in [1.165, 1.54) is 11.3 Å². The van der Waals surface area contributed by atoms with Gasteiger partial charge in [-0.25, -0.2) is 13.4 Å². The number of ether oxygens (including phenoxy) is 1. The molecule has 0 radical (unpaired) electrons. The van der Waals surface area contributed by atoms with Crippen molar-refractivity contribution in [3.63, 3.8) is 0 Å². The lowest BCUT2D eigenvalue weighted by Crippen LogP contribution is -2.18. The van der Waals surface area contributed by atoms with Gasteiger partial charge < -0.3 is 10.1 Å². The number of hydrogen-bond donors (Lipinski definition) is 1. The Balaban J connectivity index is 2.69. The minimum absolute atomic E-state index is 0.0548. The van der Waals surface area contributed by atoms with E-state index >= 15 is 0 Å². The largest absolute Gasteiger partial charge is 0.383 e. The summed E-state index contributed by atoms with van der Waals surface area (Å²) in [6.45, 7) is 5.86. The molecule has 1 aromatic rings. The average molecular weight is 306 g/mol. The second kappa shape index (κ2) is 7.94. The van der Waals surface area contributed by atoms with Crippen LogP contribution < -0.4 is 5.32 Å². The Labute approximate surface area is 119 Å². The van der Waals surface area contributed by atoms with Gasteiger partial charge in [0.25, 0.3) is 0 Å². The molecule has 1 heterocycles. The third kappa shape index (κ3) is 5.56. The van der Waals surface area contributed by atoms with E-state index in [2.05, 4.69) is 10.3 Å². The minimum atomic E-state index is -3.01. The summed E-state index contributed by atoms with van der Waals surface area (Å²) < 4.78 is 28.2. The van der Waals surface area contributed by atoms with Crippen molar-refractivity contribution in [2.75, 3.05) is 26.0 Å². The first-order chi connectivity index (χ1) is 9.02. The summed E-state index contributed by atoms with van der Waals surface area (Å²) in [5.74, 6) is 0.217. The van der Waals surface area contributed by atoms with Crippen LogP contribution in [0, 0.1) is 0 Å². The summed E-state index contributed by atoms with van der Waals surface area (Å²) in [6.07, 6.45) is 0.823. The van der Waals surface area contributed by atoms with Gasteiger partial charge in [-0.15, -0.1) is 11.3 Å². The van der Waals surface area contributed by atoms with Gasteiger partial charge in [0.05, 0.1) is 12.3 Å². The summed E-state index contributed by atoms with van der Waals surface area (Å²) >= 11 is 1.49. The zero-order chi connectivity index (χ0) is 14.3. The third-order valence-corrected chi connectivity index (χ3v) is 5.58. The Bertz CT molecular complexity index is 483. The van der Waals surface area contributed by atoms with Crippen molar-refractivity contribution in [3.8, 4) is 0 Å². The molecule has 7 heteroatoms. The molecule has 0 aliphatic rings. The molecule has 0 aliphatic heterocycles. The van der Waals surface area contributed by atoms with Crippen LogP contribution in [0.2, 0.25) is 0 Å². The average Bonchev–Trinajstić information content (AvgIpc) is 2.76. The van der Waals surface area contributed by atoms with Crippen LogP contribution in [0.4, 0.5) is 0 Å².